The molecule has 3 nitrogen and oxygen atoms in total. The molecule has 3 aromatic rings. The van der Waals surface area contributed by atoms with E-state index in [1.54, 1.807) is 24.4 Å². The Bertz CT molecular complexity index is 781. The number of hydrogen-bond donors (Lipinski definition) is 1. The van der Waals surface area contributed by atoms with Gasteiger partial charge in [0.25, 0.3) is 5.91 Å². The second-order valence-electron chi connectivity index (χ2n) is 4.31. The number of pyridine rings is 1. The van der Waals surface area contributed by atoms with Gasteiger partial charge in [-0.05, 0) is 30.3 Å². The molecule has 0 bridgehead atoms. The Kier molecular flexibility index (Phi) is 3.35. The number of anilines is 1. The van der Waals surface area contributed by atoms with Gasteiger partial charge < -0.3 is 5.32 Å². The number of benzene rings is 2. The molecule has 0 spiro atoms. The van der Waals surface area contributed by atoms with E-state index >= 15 is 0 Å². The van der Waals surface area contributed by atoms with Gasteiger partial charge in [-0.2, -0.15) is 0 Å². The summed E-state index contributed by atoms with van der Waals surface area (Å²) in [5.41, 5.74) is 1.97. The predicted molar refractivity (Wildman–Crippen MR) is 81.1 cm³/mol. The van der Waals surface area contributed by atoms with Crippen LogP contribution < -0.4 is 5.32 Å². The summed E-state index contributed by atoms with van der Waals surface area (Å²) >= 11 is 6.05. The van der Waals surface area contributed by atoms with Gasteiger partial charge in [-0.1, -0.05) is 35.9 Å². The summed E-state index contributed by atoms with van der Waals surface area (Å²) in [7, 11) is 0. The molecule has 0 saturated carbocycles. The lowest BCUT2D eigenvalue weighted by Gasteiger charge is -2.08. The SMILES string of the molecule is O=C(Nc1ccccc1Cl)c1cccc2ncccc12. The quantitative estimate of drug-likeness (QED) is 0.767. The van der Waals surface area contributed by atoms with Crippen LogP contribution in [0, 0.1) is 0 Å². The van der Waals surface area contributed by atoms with Crippen LogP contribution in [0.5, 0.6) is 0 Å². The van der Waals surface area contributed by atoms with Gasteiger partial charge in [0, 0.05) is 17.1 Å². The summed E-state index contributed by atoms with van der Waals surface area (Å²) in [5.74, 6) is -0.197. The van der Waals surface area contributed by atoms with Crippen molar-refractivity contribution in [3.05, 3.63) is 71.4 Å². The Morgan fingerprint density at radius 2 is 1.85 bits per heavy atom. The van der Waals surface area contributed by atoms with E-state index in [4.69, 9.17) is 11.6 Å². The van der Waals surface area contributed by atoms with Crippen molar-refractivity contribution in [1.82, 2.24) is 4.98 Å². The smallest absolute Gasteiger partial charge is 0.256 e. The molecule has 0 atom stereocenters. The highest BCUT2D eigenvalue weighted by atomic mass is 35.5. The summed E-state index contributed by atoms with van der Waals surface area (Å²) in [6, 6.07) is 16.3. The van der Waals surface area contributed by atoms with Gasteiger partial charge in [0.05, 0.1) is 16.2 Å². The first-order valence-corrected chi connectivity index (χ1v) is 6.53. The summed E-state index contributed by atoms with van der Waals surface area (Å²) in [5, 5.41) is 4.15. The van der Waals surface area contributed by atoms with Gasteiger partial charge >= 0.3 is 0 Å². The molecule has 0 fully saturated rings. The van der Waals surface area contributed by atoms with E-state index in [-0.39, 0.29) is 5.91 Å². The van der Waals surface area contributed by atoms with Crippen molar-refractivity contribution in [2.24, 2.45) is 0 Å². The fraction of sp³-hybridized carbons (Fsp3) is 0. The predicted octanol–water partition coefficient (Wildman–Crippen LogP) is 4.14. The molecule has 1 aromatic heterocycles. The maximum Gasteiger partial charge on any atom is 0.256 e. The first-order chi connectivity index (χ1) is 9.75. The van der Waals surface area contributed by atoms with Gasteiger partial charge in [-0.3, -0.25) is 9.78 Å². The Morgan fingerprint density at radius 1 is 1.00 bits per heavy atom. The maximum absolute atomic E-state index is 12.4. The Labute approximate surface area is 121 Å². The Balaban J connectivity index is 1.99. The highest BCUT2D eigenvalue weighted by molar-refractivity contribution is 6.34. The van der Waals surface area contributed by atoms with Crippen LogP contribution in [0.15, 0.2) is 60.8 Å². The fourth-order valence-corrected chi connectivity index (χ4v) is 2.24. The minimum Gasteiger partial charge on any atom is -0.321 e. The molecule has 0 unspecified atom stereocenters. The van der Waals surface area contributed by atoms with Crippen LogP contribution in [-0.2, 0) is 0 Å². The molecule has 4 heteroatoms. The molecular formula is C16H11ClN2O. The van der Waals surface area contributed by atoms with Crippen LogP contribution in [-0.4, -0.2) is 10.9 Å². The average Bonchev–Trinajstić information content (AvgIpc) is 2.49. The number of amides is 1. The zero-order valence-corrected chi connectivity index (χ0v) is 11.3. The Morgan fingerprint density at radius 3 is 2.70 bits per heavy atom. The molecule has 0 aliphatic carbocycles. The summed E-state index contributed by atoms with van der Waals surface area (Å²) in [4.78, 5) is 16.6. The van der Waals surface area contributed by atoms with Crippen molar-refractivity contribution in [1.29, 1.82) is 0 Å². The molecule has 3 rings (SSSR count). The molecule has 1 amide bonds. The van der Waals surface area contributed by atoms with Crippen LogP contribution in [0.2, 0.25) is 5.02 Å². The first kappa shape index (κ1) is 12.6. The second-order valence-corrected chi connectivity index (χ2v) is 4.72. The van der Waals surface area contributed by atoms with Gasteiger partial charge in [0.2, 0.25) is 0 Å². The molecule has 2 aromatic carbocycles. The maximum atomic E-state index is 12.4. The van der Waals surface area contributed by atoms with Crippen LogP contribution >= 0.6 is 11.6 Å². The van der Waals surface area contributed by atoms with Crippen molar-refractivity contribution < 1.29 is 4.79 Å². The number of halogens is 1. The molecule has 0 radical (unpaired) electrons. The minimum absolute atomic E-state index is 0.197. The van der Waals surface area contributed by atoms with Gasteiger partial charge in [-0.15, -0.1) is 0 Å². The Hall–Kier alpha value is -2.39. The molecule has 0 saturated heterocycles. The third-order valence-corrected chi connectivity index (χ3v) is 3.34. The third-order valence-electron chi connectivity index (χ3n) is 3.01. The first-order valence-electron chi connectivity index (χ1n) is 6.15. The van der Waals surface area contributed by atoms with E-state index in [0.29, 0.717) is 16.3 Å². The summed E-state index contributed by atoms with van der Waals surface area (Å²) in [6.45, 7) is 0. The highest BCUT2D eigenvalue weighted by Gasteiger charge is 2.11. The van der Waals surface area contributed by atoms with Crippen LogP contribution in [0.1, 0.15) is 10.4 Å². The number of rotatable bonds is 2. The number of nitrogens with zero attached hydrogens (tertiary/aromatic N) is 1. The standard InChI is InChI=1S/C16H11ClN2O/c17-13-7-1-2-8-15(13)19-16(20)12-5-3-9-14-11(12)6-4-10-18-14/h1-10H,(H,19,20). The van der Waals surface area contributed by atoms with Gasteiger partial charge in [-0.25, -0.2) is 0 Å². The third kappa shape index (κ3) is 2.36. The lowest BCUT2D eigenvalue weighted by Crippen LogP contribution is -2.12. The lowest BCUT2D eigenvalue weighted by molar-refractivity contribution is 0.102. The normalized spacial score (nSPS) is 10.4. The fourth-order valence-electron chi connectivity index (χ4n) is 2.05. The number of fused-ring (bicyclic) bond motifs is 1. The number of aromatic nitrogens is 1. The van der Waals surface area contributed by atoms with E-state index < -0.39 is 0 Å². The molecule has 98 valence electrons. The van der Waals surface area contributed by atoms with E-state index in [0.717, 1.165) is 10.9 Å². The van der Waals surface area contributed by atoms with E-state index in [1.807, 2.05) is 36.4 Å². The molecular weight excluding hydrogens is 272 g/mol. The van der Waals surface area contributed by atoms with Crippen molar-refractivity contribution in [2.45, 2.75) is 0 Å². The zero-order valence-electron chi connectivity index (χ0n) is 10.5. The number of nitrogens with one attached hydrogen (secondary N) is 1. The van der Waals surface area contributed by atoms with Gasteiger partial charge in [0.15, 0.2) is 0 Å². The van der Waals surface area contributed by atoms with Crippen molar-refractivity contribution in [2.75, 3.05) is 5.32 Å². The average molecular weight is 283 g/mol. The van der Waals surface area contributed by atoms with Crippen LogP contribution in [0.4, 0.5) is 5.69 Å². The second kappa shape index (κ2) is 5.31. The van der Waals surface area contributed by atoms with Crippen molar-refractivity contribution in [3.63, 3.8) is 0 Å². The molecule has 0 aliphatic heterocycles. The minimum atomic E-state index is -0.197. The monoisotopic (exact) mass is 282 g/mol. The molecule has 20 heavy (non-hydrogen) atoms. The molecule has 1 N–H and O–H groups in total. The van der Waals surface area contributed by atoms with E-state index in [1.165, 1.54) is 0 Å². The van der Waals surface area contributed by atoms with E-state index in [2.05, 4.69) is 10.3 Å². The van der Waals surface area contributed by atoms with Crippen molar-refractivity contribution >= 4 is 34.1 Å². The molecule has 0 aliphatic rings. The number of carbonyl (C=O) groups is 1. The van der Waals surface area contributed by atoms with Gasteiger partial charge in [0.1, 0.15) is 0 Å². The van der Waals surface area contributed by atoms with Crippen molar-refractivity contribution in [3.8, 4) is 0 Å². The van der Waals surface area contributed by atoms with E-state index in [9.17, 15) is 4.79 Å². The largest absolute Gasteiger partial charge is 0.321 e. The van der Waals surface area contributed by atoms with Crippen LogP contribution in [0.3, 0.4) is 0 Å². The summed E-state index contributed by atoms with van der Waals surface area (Å²) in [6.07, 6.45) is 1.71. The zero-order chi connectivity index (χ0) is 13.9. The number of hydrogen-bond acceptors (Lipinski definition) is 2. The van der Waals surface area contributed by atoms with Crippen LogP contribution in [0.25, 0.3) is 10.9 Å². The topological polar surface area (TPSA) is 42.0 Å². The molecule has 1 heterocycles. The number of para-hydroxylation sites is 1. The number of carbonyl (C=O) groups excluding carboxylic acids is 1. The summed E-state index contributed by atoms with van der Waals surface area (Å²) < 4.78 is 0. The highest BCUT2D eigenvalue weighted by Crippen LogP contribution is 2.23. The lowest BCUT2D eigenvalue weighted by atomic mass is 10.1.